The third-order valence-corrected chi connectivity index (χ3v) is 5.63. The van der Waals surface area contributed by atoms with Gasteiger partial charge in [0.05, 0.1) is 13.2 Å². The Morgan fingerprint density at radius 3 is 2.33 bits per heavy atom. The summed E-state index contributed by atoms with van der Waals surface area (Å²) >= 11 is 0. The lowest BCUT2D eigenvalue weighted by atomic mass is 9.93. The fourth-order valence-corrected chi connectivity index (χ4v) is 4.16. The van der Waals surface area contributed by atoms with Gasteiger partial charge in [-0.05, 0) is 23.8 Å². The molecule has 0 fully saturated rings. The van der Waals surface area contributed by atoms with Crippen molar-refractivity contribution in [2.45, 2.75) is 18.5 Å². The van der Waals surface area contributed by atoms with Gasteiger partial charge >= 0.3 is 5.97 Å². The predicted molar refractivity (Wildman–Crippen MR) is 116 cm³/mol. The number of hydrogen-bond acceptors (Lipinski definition) is 4. The Bertz CT molecular complexity index is 1170. The number of carbonyl (C=O) groups excluding carboxylic acids is 1. The van der Waals surface area contributed by atoms with Crippen LogP contribution in [-0.4, -0.2) is 24.1 Å². The molecule has 0 amide bonds. The molecule has 3 aromatic carbocycles. The third kappa shape index (κ3) is 3.23. The molecule has 30 heavy (non-hydrogen) atoms. The van der Waals surface area contributed by atoms with E-state index >= 15 is 0 Å². The van der Waals surface area contributed by atoms with E-state index in [1.165, 1.54) is 7.11 Å². The molecule has 0 spiro atoms. The van der Waals surface area contributed by atoms with E-state index in [4.69, 9.17) is 9.47 Å². The normalized spacial score (nSPS) is 13.9. The summed E-state index contributed by atoms with van der Waals surface area (Å²) in [6.07, 6.45) is 2.48. The number of carbonyl (C=O) groups is 1. The zero-order valence-corrected chi connectivity index (χ0v) is 16.6. The van der Waals surface area contributed by atoms with Crippen LogP contribution in [0.15, 0.2) is 79.0 Å². The minimum absolute atomic E-state index is 0.180. The largest absolute Gasteiger partial charge is 0.468 e. The highest BCUT2D eigenvalue weighted by atomic mass is 16.5. The van der Waals surface area contributed by atoms with Crippen molar-refractivity contribution in [1.82, 2.24) is 10.3 Å². The summed E-state index contributed by atoms with van der Waals surface area (Å²) in [6.45, 7) is 0. The number of nitrogens with one attached hydrogen (secondary N) is 2. The van der Waals surface area contributed by atoms with Crippen LogP contribution in [0.5, 0.6) is 11.5 Å². The number of fused-ring (bicyclic) bond motifs is 3. The molecule has 0 saturated carbocycles. The molecule has 1 atom stereocenters. The van der Waals surface area contributed by atoms with Crippen LogP contribution in [0.2, 0.25) is 0 Å². The number of hydrogen-bond donors (Lipinski definition) is 2. The summed E-state index contributed by atoms with van der Waals surface area (Å²) in [6, 6.07) is 23.2. The van der Waals surface area contributed by atoms with Crippen molar-refractivity contribution in [2.24, 2.45) is 0 Å². The van der Waals surface area contributed by atoms with Crippen LogP contribution in [0.3, 0.4) is 0 Å². The van der Waals surface area contributed by atoms with Gasteiger partial charge in [0, 0.05) is 34.6 Å². The lowest BCUT2D eigenvalue weighted by Crippen LogP contribution is -2.42. The van der Waals surface area contributed by atoms with E-state index in [0.29, 0.717) is 6.42 Å². The Balaban J connectivity index is 1.52. The molecule has 5 rings (SSSR count). The van der Waals surface area contributed by atoms with E-state index in [0.717, 1.165) is 39.1 Å². The molecule has 0 saturated heterocycles. The quantitative estimate of drug-likeness (QED) is 0.477. The van der Waals surface area contributed by atoms with Crippen molar-refractivity contribution < 1.29 is 14.3 Å². The van der Waals surface area contributed by atoms with Gasteiger partial charge in [0.1, 0.15) is 17.5 Å². The summed E-state index contributed by atoms with van der Waals surface area (Å²) < 4.78 is 11.2. The Kier molecular flexibility index (Phi) is 4.73. The zero-order valence-electron chi connectivity index (χ0n) is 16.6. The molecule has 2 heterocycles. The maximum absolute atomic E-state index is 12.7. The number of methoxy groups -OCH3 is 1. The average molecular weight is 398 g/mol. The zero-order chi connectivity index (χ0) is 20.5. The Morgan fingerprint density at radius 1 is 1.00 bits per heavy atom. The minimum Gasteiger partial charge on any atom is -0.468 e. The van der Waals surface area contributed by atoms with Crippen molar-refractivity contribution in [3.05, 3.63) is 95.7 Å². The van der Waals surface area contributed by atoms with Gasteiger partial charge in [-0.1, -0.05) is 54.6 Å². The van der Waals surface area contributed by atoms with Crippen LogP contribution in [0.1, 0.15) is 22.7 Å². The van der Waals surface area contributed by atoms with Gasteiger partial charge < -0.3 is 14.5 Å². The number of benzene rings is 3. The molecule has 0 aliphatic carbocycles. The van der Waals surface area contributed by atoms with Crippen LogP contribution in [-0.2, 0) is 16.0 Å². The molecule has 0 bridgehead atoms. The van der Waals surface area contributed by atoms with Gasteiger partial charge in [0.2, 0.25) is 0 Å². The first kappa shape index (κ1) is 18.5. The van der Waals surface area contributed by atoms with Gasteiger partial charge in [-0.3, -0.25) is 10.1 Å². The van der Waals surface area contributed by atoms with Gasteiger partial charge in [-0.15, -0.1) is 0 Å². The van der Waals surface area contributed by atoms with Crippen LogP contribution in [0.25, 0.3) is 10.9 Å². The first-order valence-corrected chi connectivity index (χ1v) is 9.99. The average Bonchev–Trinajstić information content (AvgIpc) is 3.20. The number of esters is 1. The molecule has 150 valence electrons. The minimum atomic E-state index is -0.515. The van der Waals surface area contributed by atoms with Crippen LogP contribution >= 0.6 is 0 Å². The fraction of sp³-hybridized carbons (Fsp3) is 0.160. The van der Waals surface area contributed by atoms with Crippen LogP contribution in [0, 0.1) is 0 Å². The number of ether oxygens (including phenoxy) is 2. The Hall–Kier alpha value is -3.57. The summed E-state index contributed by atoms with van der Waals surface area (Å²) in [4.78, 5) is 16.0. The first-order chi connectivity index (χ1) is 14.7. The molecule has 1 aliphatic rings. The van der Waals surface area contributed by atoms with E-state index in [2.05, 4.69) is 16.4 Å². The number of para-hydroxylation sites is 3. The molecule has 4 aromatic rings. The van der Waals surface area contributed by atoms with E-state index in [1.54, 1.807) is 0 Å². The second-order valence-corrected chi connectivity index (χ2v) is 7.42. The van der Waals surface area contributed by atoms with Crippen molar-refractivity contribution in [1.29, 1.82) is 0 Å². The molecule has 0 radical (unpaired) electrons. The smallest absolute Gasteiger partial charge is 0.323 e. The van der Waals surface area contributed by atoms with Gasteiger partial charge in [0.15, 0.2) is 0 Å². The van der Waals surface area contributed by atoms with Gasteiger partial charge in [-0.2, -0.15) is 0 Å². The summed E-state index contributed by atoms with van der Waals surface area (Å²) in [5.41, 5.74) is 4.13. The highest BCUT2D eigenvalue weighted by Crippen LogP contribution is 2.42. The van der Waals surface area contributed by atoms with E-state index in [9.17, 15) is 4.79 Å². The molecule has 5 heteroatoms. The lowest BCUT2D eigenvalue weighted by Gasteiger charge is -2.31. The second kappa shape index (κ2) is 7.69. The van der Waals surface area contributed by atoms with Crippen molar-refractivity contribution in [2.75, 3.05) is 7.11 Å². The van der Waals surface area contributed by atoms with Crippen molar-refractivity contribution in [3.63, 3.8) is 0 Å². The molecule has 2 N–H and O–H groups in total. The Morgan fingerprint density at radius 2 is 1.63 bits per heavy atom. The summed E-state index contributed by atoms with van der Waals surface area (Å²) in [5, 5.41) is 4.67. The molecule has 1 aromatic heterocycles. The number of aromatic amines is 1. The molecule has 0 unspecified atom stereocenters. The predicted octanol–water partition coefficient (Wildman–Crippen LogP) is 4.74. The number of rotatable bonds is 5. The molecule has 5 nitrogen and oxygen atoms in total. The topological polar surface area (TPSA) is 63.4 Å². The first-order valence-electron chi connectivity index (χ1n) is 9.99. The number of aromatic nitrogens is 1. The van der Waals surface area contributed by atoms with E-state index in [-0.39, 0.29) is 12.0 Å². The van der Waals surface area contributed by atoms with Crippen LogP contribution < -0.4 is 10.1 Å². The SMILES string of the molecule is COC(=O)[C@H](Cc1c[nH]c2ccccc12)NC1c2ccccc2Oc2ccccc21. The summed E-state index contributed by atoms with van der Waals surface area (Å²) in [5.74, 6) is 1.30. The molecular weight excluding hydrogens is 376 g/mol. The highest BCUT2D eigenvalue weighted by molar-refractivity contribution is 5.84. The van der Waals surface area contributed by atoms with Crippen molar-refractivity contribution >= 4 is 16.9 Å². The van der Waals surface area contributed by atoms with E-state index in [1.807, 2.05) is 72.9 Å². The molecular formula is C25H22N2O3. The highest BCUT2D eigenvalue weighted by Gasteiger charge is 2.31. The van der Waals surface area contributed by atoms with Crippen molar-refractivity contribution in [3.8, 4) is 11.5 Å². The monoisotopic (exact) mass is 398 g/mol. The standard InChI is InChI=1S/C25H22N2O3/c1-29-25(28)21(14-16-15-26-20-11-5-2-8-17(16)20)27-24-18-9-3-6-12-22(18)30-23-13-7-4-10-19(23)24/h2-13,15,21,24,26-27H,14H2,1H3/t21-/m0/s1. The Labute approximate surface area is 174 Å². The summed E-state index contributed by atoms with van der Waals surface area (Å²) in [7, 11) is 1.43. The maximum atomic E-state index is 12.7. The lowest BCUT2D eigenvalue weighted by molar-refractivity contribution is -0.143. The van der Waals surface area contributed by atoms with Gasteiger partial charge in [0.25, 0.3) is 0 Å². The number of H-pyrrole nitrogens is 1. The van der Waals surface area contributed by atoms with E-state index < -0.39 is 6.04 Å². The maximum Gasteiger partial charge on any atom is 0.323 e. The fourth-order valence-electron chi connectivity index (χ4n) is 4.16. The third-order valence-electron chi connectivity index (χ3n) is 5.63. The van der Waals surface area contributed by atoms with Crippen LogP contribution in [0.4, 0.5) is 0 Å². The molecule has 1 aliphatic heterocycles. The second-order valence-electron chi connectivity index (χ2n) is 7.42. The van der Waals surface area contributed by atoms with Gasteiger partial charge in [-0.25, -0.2) is 0 Å².